The SMILES string of the molecule is CCCCC1NC(C(C)C)N(CC2(C(C)C)CC2)C1=O. The molecule has 1 aliphatic carbocycles. The van der Waals surface area contributed by atoms with Gasteiger partial charge in [-0.2, -0.15) is 0 Å². The van der Waals surface area contributed by atoms with Gasteiger partial charge in [0, 0.05) is 6.54 Å². The third-order valence-corrected chi connectivity index (χ3v) is 5.37. The minimum absolute atomic E-state index is 0.0605. The number of unbranched alkanes of at least 4 members (excludes halogenated alkanes) is 1. The molecule has 0 bridgehead atoms. The second-order valence-corrected chi connectivity index (χ2v) is 7.53. The van der Waals surface area contributed by atoms with Gasteiger partial charge in [-0.25, -0.2) is 0 Å². The highest BCUT2D eigenvalue weighted by molar-refractivity contribution is 5.84. The average molecular weight is 280 g/mol. The zero-order valence-corrected chi connectivity index (χ0v) is 13.9. The highest BCUT2D eigenvalue weighted by Crippen LogP contribution is 2.53. The predicted octanol–water partition coefficient (Wildman–Crippen LogP) is 3.40. The summed E-state index contributed by atoms with van der Waals surface area (Å²) in [5, 5.41) is 3.59. The van der Waals surface area contributed by atoms with Gasteiger partial charge in [-0.15, -0.1) is 0 Å². The van der Waals surface area contributed by atoms with Gasteiger partial charge in [0.15, 0.2) is 0 Å². The molecule has 1 saturated carbocycles. The van der Waals surface area contributed by atoms with Gasteiger partial charge in [0.05, 0.1) is 12.2 Å². The van der Waals surface area contributed by atoms with Crippen molar-refractivity contribution in [2.45, 2.75) is 78.9 Å². The molecular formula is C17H32N2O. The van der Waals surface area contributed by atoms with E-state index in [0.717, 1.165) is 25.8 Å². The minimum atomic E-state index is 0.0605. The molecule has 1 saturated heterocycles. The Hall–Kier alpha value is -0.570. The lowest BCUT2D eigenvalue weighted by Crippen LogP contribution is -2.45. The maximum absolute atomic E-state index is 12.7. The Bertz CT molecular complexity index is 347. The van der Waals surface area contributed by atoms with Gasteiger partial charge < -0.3 is 4.90 Å². The van der Waals surface area contributed by atoms with E-state index in [4.69, 9.17) is 0 Å². The standard InChI is InChI=1S/C17H32N2O/c1-6-7-8-14-16(20)19(15(18-14)12(2)3)11-17(9-10-17)13(4)5/h12-15,18H,6-11H2,1-5H3. The quantitative estimate of drug-likeness (QED) is 0.775. The Morgan fingerprint density at radius 3 is 2.40 bits per heavy atom. The van der Waals surface area contributed by atoms with Gasteiger partial charge >= 0.3 is 0 Å². The third kappa shape index (κ3) is 3.03. The number of nitrogens with one attached hydrogen (secondary N) is 1. The fraction of sp³-hybridized carbons (Fsp3) is 0.941. The summed E-state index contributed by atoms with van der Waals surface area (Å²) in [7, 11) is 0. The lowest BCUT2D eigenvalue weighted by atomic mass is 9.91. The zero-order chi connectivity index (χ0) is 14.9. The van der Waals surface area contributed by atoms with E-state index in [1.807, 2.05) is 0 Å². The fourth-order valence-electron chi connectivity index (χ4n) is 3.47. The summed E-state index contributed by atoms with van der Waals surface area (Å²) in [6.07, 6.45) is 6.10. The molecule has 3 heteroatoms. The van der Waals surface area contributed by atoms with Crippen LogP contribution in [0, 0.1) is 17.3 Å². The number of hydrogen-bond acceptors (Lipinski definition) is 2. The molecule has 0 aromatic heterocycles. The summed E-state index contributed by atoms with van der Waals surface area (Å²) >= 11 is 0. The molecule has 1 heterocycles. The molecule has 2 atom stereocenters. The van der Waals surface area contributed by atoms with Crippen molar-refractivity contribution in [3.8, 4) is 0 Å². The van der Waals surface area contributed by atoms with Gasteiger partial charge in [0.1, 0.15) is 0 Å². The van der Waals surface area contributed by atoms with Crippen molar-refractivity contribution in [1.29, 1.82) is 0 Å². The molecule has 1 amide bonds. The van der Waals surface area contributed by atoms with Crippen molar-refractivity contribution < 1.29 is 4.79 Å². The van der Waals surface area contributed by atoms with E-state index in [1.165, 1.54) is 12.8 Å². The lowest BCUT2D eigenvalue weighted by Gasteiger charge is -2.32. The molecule has 3 nitrogen and oxygen atoms in total. The highest BCUT2D eigenvalue weighted by Gasteiger charge is 2.50. The molecule has 0 spiro atoms. The summed E-state index contributed by atoms with van der Waals surface area (Å²) in [4.78, 5) is 14.9. The van der Waals surface area contributed by atoms with Crippen molar-refractivity contribution in [1.82, 2.24) is 10.2 Å². The van der Waals surface area contributed by atoms with Crippen LogP contribution in [0.25, 0.3) is 0 Å². The van der Waals surface area contributed by atoms with Crippen LogP contribution in [0.2, 0.25) is 0 Å². The van der Waals surface area contributed by atoms with E-state index in [0.29, 0.717) is 23.2 Å². The van der Waals surface area contributed by atoms with E-state index in [9.17, 15) is 4.79 Å². The van der Waals surface area contributed by atoms with Crippen molar-refractivity contribution >= 4 is 5.91 Å². The number of amides is 1. The van der Waals surface area contributed by atoms with E-state index in [-0.39, 0.29) is 12.2 Å². The van der Waals surface area contributed by atoms with Gasteiger partial charge in [0.25, 0.3) is 0 Å². The summed E-state index contributed by atoms with van der Waals surface area (Å²) in [6.45, 7) is 12.2. The zero-order valence-electron chi connectivity index (χ0n) is 13.9. The highest BCUT2D eigenvalue weighted by atomic mass is 16.2. The van der Waals surface area contributed by atoms with Crippen LogP contribution in [0.1, 0.15) is 66.7 Å². The van der Waals surface area contributed by atoms with Crippen LogP contribution < -0.4 is 5.32 Å². The maximum atomic E-state index is 12.7. The third-order valence-electron chi connectivity index (χ3n) is 5.37. The first-order valence-corrected chi connectivity index (χ1v) is 8.48. The van der Waals surface area contributed by atoms with Crippen LogP contribution >= 0.6 is 0 Å². The topological polar surface area (TPSA) is 32.3 Å². The van der Waals surface area contributed by atoms with E-state index in [1.54, 1.807) is 0 Å². The van der Waals surface area contributed by atoms with Gasteiger partial charge in [-0.3, -0.25) is 10.1 Å². The maximum Gasteiger partial charge on any atom is 0.241 e. The van der Waals surface area contributed by atoms with Crippen LogP contribution in [-0.2, 0) is 4.79 Å². The van der Waals surface area contributed by atoms with Crippen LogP contribution in [0.5, 0.6) is 0 Å². The number of carbonyl (C=O) groups is 1. The van der Waals surface area contributed by atoms with Crippen molar-refractivity contribution in [2.75, 3.05) is 6.54 Å². The minimum Gasteiger partial charge on any atom is -0.325 e. The van der Waals surface area contributed by atoms with Crippen LogP contribution in [0.3, 0.4) is 0 Å². The van der Waals surface area contributed by atoms with Gasteiger partial charge in [0.2, 0.25) is 5.91 Å². The number of rotatable bonds is 7. The summed E-state index contributed by atoms with van der Waals surface area (Å²) in [6, 6.07) is 0.0605. The lowest BCUT2D eigenvalue weighted by molar-refractivity contribution is -0.131. The molecular weight excluding hydrogens is 248 g/mol. The van der Waals surface area contributed by atoms with Crippen molar-refractivity contribution in [2.24, 2.45) is 17.3 Å². The second-order valence-electron chi connectivity index (χ2n) is 7.53. The Morgan fingerprint density at radius 1 is 1.30 bits per heavy atom. The largest absolute Gasteiger partial charge is 0.325 e. The number of nitrogens with zero attached hydrogens (tertiary/aromatic N) is 1. The first-order valence-electron chi connectivity index (χ1n) is 8.48. The molecule has 0 radical (unpaired) electrons. The molecule has 2 rings (SSSR count). The Balaban J connectivity index is 2.06. The van der Waals surface area contributed by atoms with Gasteiger partial charge in [-0.1, -0.05) is 47.5 Å². The van der Waals surface area contributed by atoms with E-state index >= 15 is 0 Å². The van der Waals surface area contributed by atoms with E-state index in [2.05, 4.69) is 44.8 Å². The molecule has 2 aliphatic rings. The van der Waals surface area contributed by atoms with Crippen molar-refractivity contribution in [3.63, 3.8) is 0 Å². The molecule has 1 N–H and O–H groups in total. The van der Waals surface area contributed by atoms with Crippen LogP contribution in [-0.4, -0.2) is 29.6 Å². The molecule has 20 heavy (non-hydrogen) atoms. The van der Waals surface area contributed by atoms with Crippen molar-refractivity contribution in [3.05, 3.63) is 0 Å². The van der Waals surface area contributed by atoms with Crippen LogP contribution in [0.4, 0.5) is 0 Å². The first-order chi connectivity index (χ1) is 9.41. The Labute approximate surface area is 124 Å². The Morgan fingerprint density at radius 2 is 1.95 bits per heavy atom. The second kappa shape index (κ2) is 6.05. The molecule has 0 aromatic rings. The van der Waals surface area contributed by atoms with Gasteiger partial charge in [-0.05, 0) is 36.5 Å². The summed E-state index contributed by atoms with van der Waals surface area (Å²) < 4.78 is 0. The monoisotopic (exact) mass is 280 g/mol. The molecule has 116 valence electrons. The molecule has 2 fully saturated rings. The fourth-order valence-corrected chi connectivity index (χ4v) is 3.47. The molecule has 1 aliphatic heterocycles. The molecule has 2 unspecified atom stereocenters. The summed E-state index contributed by atoms with van der Waals surface area (Å²) in [5.41, 5.74) is 0.407. The van der Waals surface area contributed by atoms with E-state index < -0.39 is 0 Å². The Kier molecular flexibility index (Phi) is 4.78. The normalized spacial score (nSPS) is 28.8. The average Bonchev–Trinajstić information content (AvgIpc) is 3.10. The summed E-state index contributed by atoms with van der Waals surface area (Å²) in [5.74, 6) is 1.51. The number of hydrogen-bond donors (Lipinski definition) is 1. The smallest absolute Gasteiger partial charge is 0.241 e. The predicted molar refractivity (Wildman–Crippen MR) is 83.3 cm³/mol. The number of carbonyl (C=O) groups excluding carboxylic acids is 1. The first kappa shape index (κ1) is 15.8. The van der Waals surface area contributed by atoms with Crippen LogP contribution in [0.15, 0.2) is 0 Å². The molecule has 0 aromatic carbocycles.